The van der Waals surface area contributed by atoms with Gasteiger partial charge >= 0.3 is 0 Å². The molecule has 0 unspecified atom stereocenters. The number of nitrogens with zero attached hydrogens (tertiary/aromatic N) is 2. The van der Waals surface area contributed by atoms with Crippen LogP contribution in [0.5, 0.6) is 5.75 Å². The minimum Gasteiger partial charge on any atom is -0.491 e. The molecule has 0 saturated carbocycles. The quantitative estimate of drug-likeness (QED) is 0.608. The van der Waals surface area contributed by atoms with Crippen molar-refractivity contribution in [1.29, 1.82) is 0 Å². The lowest BCUT2D eigenvalue weighted by Gasteiger charge is -2.11. The van der Waals surface area contributed by atoms with Gasteiger partial charge in [0.05, 0.1) is 29.0 Å². The summed E-state index contributed by atoms with van der Waals surface area (Å²) in [7, 11) is 3.28. The van der Waals surface area contributed by atoms with E-state index in [4.69, 9.17) is 16.3 Å². The summed E-state index contributed by atoms with van der Waals surface area (Å²) in [4.78, 5) is 22.8. The average molecular weight is 273 g/mol. The highest BCUT2D eigenvalue weighted by atomic mass is 35.5. The average Bonchev–Trinajstić information content (AvgIpc) is 2.30. The fourth-order valence-electron chi connectivity index (χ4n) is 1.19. The van der Waals surface area contributed by atoms with Crippen LogP contribution in [0.1, 0.15) is 6.42 Å². The minimum atomic E-state index is -0.534. The van der Waals surface area contributed by atoms with Crippen LogP contribution in [0.25, 0.3) is 0 Å². The summed E-state index contributed by atoms with van der Waals surface area (Å²) in [6.45, 7) is 0.123. The van der Waals surface area contributed by atoms with Crippen LogP contribution in [0, 0.1) is 10.1 Å². The van der Waals surface area contributed by atoms with E-state index in [2.05, 4.69) is 0 Å². The molecule has 0 N–H and O–H groups in total. The summed E-state index contributed by atoms with van der Waals surface area (Å²) >= 11 is 5.84. The first-order valence-electron chi connectivity index (χ1n) is 5.18. The van der Waals surface area contributed by atoms with Crippen molar-refractivity contribution >= 4 is 23.2 Å². The van der Waals surface area contributed by atoms with Crippen LogP contribution in [-0.2, 0) is 4.79 Å². The molecule has 0 aliphatic rings. The van der Waals surface area contributed by atoms with Crippen molar-refractivity contribution < 1.29 is 14.5 Å². The molecule has 0 bridgehead atoms. The lowest BCUT2D eigenvalue weighted by atomic mass is 10.3. The Morgan fingerprint density at radius 2 is 2.17 bits per heavy atom. The number of nitro groups is 1. The van der Waals surface area contributed by atoms with E-state index in [-0.39, 0.29) is 35.4 Å². The number of hydrogen-bond donors (Lipinski definition) is 0. The number of ether oxygens (including phenoxy) is 1. The van der Waals surface area contributed by atoms with E-state index in [1.807, 2.05) is 0 Å². The van der Waals surface area contributed by atoms with E-state index in [1.54, 1.807) is 14.1 Å². The fraction of sp³-hybridized carbons (Fsp3) is 0.364. The summed E-state index contributed by atoms with van der Waals surface area (Å²) in [6, 6.07) is 3.92. The Balaban J connectivity index is 2.64. The molecule has 0 radical (unpaired) electrons. The molecule has 0 aromatic heterocycles. The van der Waals surface area contributed by atoms with Gasteiger partial charge in [0, 0.05) is 20.2 Å². The van der Waals surface area contributed by atoms with Crippen LogP contribution < -0.4 is 4.74 Å². The molecule has 0 atom stereocenters. The van der Waals surface area contributed by atoms with Gasteiger partial charge in [-0.3, -0.25) is 14.9 Å². The van der Waals surface area contributed by atoms with Gasteiger partial charge < -0.3 is 9.64 Å². The predicted molar refractivity (Wildman–Crippen MR) is 66.9 cm³/mol. The van der Waals surface area contributed by atoms with Crippen LogP contribution in [0.15, 0.2) is 18.2 Å². The molecule has 98 valence electrons. The van der Waals surface area contributed by atoms with Crippen molar-refractivity contribution in [2.24, 2.45) is 0 Å². The van der Waals surface area contributed by atoms with Crippen molar-refractivity contribution in [3.63, 3.8) is 0 Å². The highest BCUT2D eigenvalue weighted by Gasteiger charge is 2.11. The second-order valence-electron chi connectivity index (χ2n) is 3.76. The second kappa shape index (κ2) is 6.20. The highest BCUT2D eigenvalue weighted by Crippen LogP contribution is 2.28. The Morgan fingerprint density at radius 1 is 1.50 bits per heavy atom. The van der Waals surface area contributed by atoms with Gasteiger partial charge in [0.25, 0.3) is 5.69 Å². The van der Waals surface area contributed by atoms with Crippen LogP contribution in [0.3, 0.4) is 0 Å². The largest absolute Gasteiger partial charge is 0.491 e. The van der Waals surface area contributed by atoms with E-state index in [0.717, 1.165) is 0 Å². The number of non-ortho nitro benzene ring substituents is 1. The normalized spacial score (nSPS) is 9.94. The van der Waals surface area contributed by atoms with Gasteiger partial charge in [0.15, 0.2) is 0 Å². The molecule has 0 aliphatic heterocycles. The number of nitro benzene ring substituents is 1. The first kappa shape index (κ1) is 14.2. The number of carbonyl (C=O) groups excluding carboxylic acids is 1. The molecule has 1 rings (SSSR count). The zero-order valence-corrected chi connectivity index (χ0v) is 10.8. The Morgan fingerprint density at radius 3 is 2.72 bits per heavy atom. The topological polar surface area (TPSA) is 72.7 Å². The zero-order chi connectivity index (χ0) is 13.7. The van der Waals surface area contributed by atoms with Crippen molar-refractivity contribution in [2.75, 3.05) is 20.7 Å². The molecule has 18 heavy (non-hydrogen) atoms. The molecule has 0 aliphatic carbocycles. The number of hydrogen-bond acceptors (Lipinski definition) is 4. The van der Waals surface area contributed by atoms with Gasteiger partial charge in [0.2, 0.25) is 5.91 Å². The molecule has 6 nitrogen and oxygen atoms in total. The van der Waals surface area contributed by atoms with Crippen LogP contribution in [0.2, 0.25) is 5.02 Å². The molecule has 0 fully saturated rings. The van der Waals surface area contributed by atoms with Crippen molar-refractivity contribution in [3.05, 3.63) is 33.3 Å². The van der Waals surface area contributed by atoms with E-state index < -0.39 is 4.92 Å². The monoisotopic (exact) mass is 272 g/mol. The van der Waals surface area contributed by atoms with E-state index in [0.29, 0.717) is 0 Å². The van der Waals surface area contributed by atoms with Gasteiger partial charge in [-0.05, 0) is 6.07 Å². The van der Waals surface area contributed by atoms with Crippen LogP contribution in [-0.4, -0.2) is 36.4 Å². The maximum absolute atomic E-state index is 11.3. The number of rotatable bonds is 5. The Labute approximate surface area is 109 Å². The first-order chi connectivity index (χ1) is 8.41. The number of benzene rings is 1. The molecule has 0 heterocycles. The first-order valence-corrected chi connectivity index (χ1v) is 5.56. The summed E-state index contributed by atoms with van der Waals surface area (Å²) < 4.78 is 5.26. The minimum absolute atomic E-state index is 0.0865. The molecule has 0 spiro atoms. The third-order valence-electron chi connectivity index (χ3n) is 2.20. The maximum atomic E-state index is 11.3. The number of carbonyl (C=O) groups is 1. The van der Waals surface area contributed by atoms with Gasteiger partial charge in [0.1, 0.15) is 5.75 Å². The lowest BCUT2D eigenvalue weighted by Crippen LogP contribution is -2.23. The van der Waals surface area contributed by atoms with Crippen molar-refractivity contribution in [3.8, 4) is 5.75 Å². The summed E-state index contributed by atoms with van der Waals surface area (Å²) in [5.41, 5.74) is -0.103. The van der Waals surface area contributed by atoms with Gasteiger partial charge in [-0.2, -0.15) is 0 Å². The Hall–Kier alpha value is -1.82. The molecule has 0 saturated heterocycles. The molecule has 1 aromatic rings. The molecule has 1 amide bonds. The molecular formula is C11H13ClN2O4. The summed E-state index contributed by atoms with van der Waals surface area (Å²) in [6.07, 6.45) is 0.187. The lowest BCUT2D eigenvalue weighted by molar-refractivity contribution is -0.384. The molecular weight excluding hydrogens is 260 g/mol. The van der Waals surface area contributed by atoms with E-state index in [9.17, 15) is 14.9 Å². The molecule has 1 aromatic carbocycles. The zero-order valence-electron chi connectivity index (χ0n) is 10.1. The SMILES string of the molecule is CN(C)C(=O)CCOc1cc([N+](=O)[O-])ccc1Cl. The van der Waals surface area contributed by atoms with Crippen LogP contribution >= 0.6 is 11.6 Å². The standard InChI is InChI=1S/C11H13ClN2O4/c1-13(2)11(15)5-6-18-10-7-8(14(16)17)3-4-9(10)12/h3-4,7H,5-6H2,1-2H3. The van der Waals surface area contributed by atoms with Crippen molar-refractivity contribution in [1.82, 2.24) is 4.90 Å². The predicted octanol–water partition coefficient (Wildman–Crippen LogP) is 2.11. The second-order valence-corrected chi connectivity index (χ2v) is 4.17. The Kier molecular flexibility index (Phi) is 4.91. The summed E-state index contributed by atoms with van der Waals surface area (Å²) in [5.74, 6) is 0.119. The van der Waals surface area contributed by atoms with Gasteiger partial charge in [-0.25, -0.2) is 0 Å². The Bertz CT molecular complexity index is 462. The fourth-order valence-corrected chi connectivity index (χ4v) is 1.36. The third-order valence-corrected chi connectivity index (χ3v) is 2.51. The number of amides is 1. The maximum Gasteiger partial charge on any atom is 0.273 e. The van der Waals surface area contributed by atoms with Gasteiger partial charge in [-0.15, -0.1) is 0 Å². The molecule has 7 heteroatoms. The third kappa shape index (κ3) is 3.89. The van der Waals surface area contributed by atoms with E-state index in [1.165, 1.54) is 23.1 Å². The van der Waals surface area contributed by atoms with Gasteiger partial charge in [-0.1, -0.05) is 11.6 Å². The highest BCUT2D eigenvalue weighted by molar-refractivity contribution is 6.32. The summed E-state index contributed by atoms with van der Waals surface area (Å²) in [5, 5.41) is 10.9. The smallest absolute Gasteiger partial charge is 0.273 e. The number of halogens is 1. The van der Waals surface area contributed by atoms with E-state index >= 15 is 0 Å². The van der Waals surface area contributed by atoms with Crippen molar-refractivity contribution in [2.45, 2.75) is 6.42 Å². The van der Waals surface area contributed by atoms with Crippen LogP contribution in [0.4, 0.5) is 5.69 Å².